The highest BCUT2D eigenvalue weighted by molar-refractivity contribution is 7.90. The maximum absolute atomic E-state index is 14.2. The van der Waals surface area contributed by atoms with Gasteiger partial charge in [-0.1, -0.05) is 36.3 Å². The first kappa shape index (κ1) is 24.6. The van der Waals surface area contributed by atoms with E-state index in [1.165, 1.54) is 11.1 Å². The first-order chi connectivity index (χ1) is 17.3. The zero-order valence-electron chi connectivity index (χ0n) is 21.2. The fraction of sp³-hybridized carbons (Fsp3) is 0.393. The molecule has 0 N–H and O–H groups in total. The molecule has 1 aromatic heterocycles. The molecule has 0 radical (unpaired) electrons. The number of methoxy groups -OCH3 is 2. The number of esters is 1. The topological polar surface area (TPSA) is 77.8 Å². The third-order valence-electron chi connectivity index (χ3n) is 7.64. The Hall–Kier alpha value is -3.10. The van der Waals surface area contributed by atoms with Gasteiger partial charge in [-0.15, -0.1) is 0 Å². The van der Waals surface area contributed by atoms with Crippen molar-refractivity contribution in [1.82, 2.24) is 8.87 Å². The van der Waals surface area contributed by atoms with Crippen LogP contribution in [-0.2, 0) is 26.0 Å². The molecule has 8 heteroatoms. The van der Waals surface area contributed by atoms with E-state index in [9.17, 15) is 13.2 Å². The number of rotatable bonds is 5. The number of piperidine rings is 1. The van der Waals surface area contributed by atoms with Crippen LogP contribution < -0.4 is 4.74 Å². The minimum Gasteiger partial charge on any atom is -0.496 e. The highest BCUT2D eigenvalue weighted by atomic mass is 32.2. The van der Waals surface area contributed by atoms with E-state index in [-0.39, 0.29) is 22.8 Å². The Morgan fingerprint density at radius 1 is 1.14 bits per heavy atom. The SMILES string of the molecule is CC[C@@H]1CN2CCc3c(n(S(=O)(=O)c4ccc(C)cc4)c4cccc(OC)c34)[C@@H]2C/C1=C/C(=O)OC. The first-order valence-electron chi connectivity index (χ1n) is 12.3. The quantitative estimate of drug-likeness (QED) is 0.370. The minimum atomic E-state index is -3.90. The van der Waals surface area contributed by atoms with Crippen LogP contribution in [0, 0.1) is 12.8 Å². The second-order valence-electron chi connectivity index (χ2n) is 9.61. The predicted octanol–water partition coefficient (Wildman–Crippen LogP) is 4.62. The van der Waals surface area contributed by atoms with Crippen LogP contribution in [0.4, 0.5) is 0 Å². The first-order valence-corrected chi connectivity index (χ1v) is 13.8. The number of fused-ring (bicyclic) bond motifs is 5. The smallest absolute Gasteiger partial charge is 0.330 e. The van der Waals surface area contributed by atoms with Gasteiger partial charge in [-0.3, -0.25) is 4.90 Å². The number of ether oxygens (including phenoxy) is 2. The fourth-order valence-electron chi connectivity index (χ4n) is 5.80. The summed E-state index contributed by atoms with van der Waals surface area (Å²) in [5.41, 5.74) is 4.41. The number of benzene rings is 2. The van der Waals surface area contributed by atoms with Gasteiger partial charge in [0.05, 0.1) is 36.4 Å². The Morgan fingerprint density at radius 3 is 2.56 bits per heavy atom. The highest BCUT2D eigenvalue weighted by Crippen LogP contribution is 2.47. The Morgan fingerprint density at radius 2 is 1.89 bits per heavy atom. The number of nitrogens with zero attached hydrogens (tertiary/aromatic N) is 2. The molecule has 3 heterocycles. The molecule has 190 valence electrons. The summed E-state index contributed by atoms with van der Waals surface area (Å²) in [6.45, 7) is 5.65. The second-order valence-corrected chi connectivity index (χ2v) is 11.4. The maximum Gasteiger partial charge on any atom is 0.330 e. The van der Waals surface area contributed by atoms with Crippen molar-refractivity contribution in [3.8, 4) is 5.75 Å². The number of carbonyl (C=O) groups excluding carboxylic acids is 1. The van der Waals surface area contributed by atoms with Gasteiger partial charge in [0.25, 0.3) is 10.0 Å². The lowest BCUT2D eigenvalue weighted by Crippen LogP contribution is -2.44. The molecule has 0 unspecified atom stereocenters. The molecule has 2 aromatic carbocycles. The van der Waals surface area contributed by atoms with E-state index >= 15 is 0 Å². The monoisotopic (exact) mass is 508 g/mol. The fourth-order valence-corrected chi connectivity index (χ4v) is 7.40. The van der Waals surface area contributed by atoms with Crippen molar-refractivity contribution in [2.24, 2.45) is 5.92 Å². The molecule has 7 nitrogen and oxygen atoms in total. The average Bonchev–Trinajstić information content (AvgIpc) is 3.24. The Kier molecular flexibility index (Phi) is 6.43. The van der Waals surface area contributed by atoms with E-state index in [1.807, 2.05) is 37.3 Å². The lowest BCUT2D eigenvalue weighted by Gasteiger charge is -2.44. The van der Waals surface area contributed by atoms with E-state index in [0.717, 1.165) is 53.7 Å². The average molecular weight is 509 g/mol. The molecular formula is C28H32N2O5S. The number of hydrogen-bond acceptors (Lipinski definition) is 6. The van der Waals surface area contributed by atoms with Gasteiger partial charge in [-0.05, 0) is 61.9 Å². The van der Waals surface area contributed by atoms with Gasteiger partial charge >= 0.3 is 5.97 Å². The van der Waals surface area contributed by atoms with Crippen molar-refractivity contribution in [3.63, 3.8) is 0 Å². The summed E-state index contributed by atoms with van der Waals surface area (Å²) in [5.74, 6) is 0.521. The Labute approximate surface area is 212 Å². The van der Waals surface area contributed by atoms with Crippen LogP contribution in [0.15, 0.2) is 59.0 Å². The summed E-state index contributed by atoms with van der Waals surface area (Å²) in [5, 5.41) is 0.849. The van der Waals surface area contributed by atoms with Gasteiger partial charge in [0.1, 0.15) is 5.75 Å². The van der Waals surface area contributed by atoms with Crippen molar-refractivity contribution < 1.29 is 22.7 Å². The molecule has 3 aromatic rings. The van der Waals surface area contributed by atoms with Gasteiger partial charge in [-0.25, -0.2) is 17.2 Å². The minimum absolute atomic E-state index is 0.176. The molecule has 1 saturated heterocycles. The van der Waals surface area contributed by atoms with E-state index in [4.69, 9.17) is 9.47 Å². The zero-order chi connectivity index (χ0) is 25.6. The van der Waals surface area contributed by atoms with Crippen LogP contribution in [-0.4, -0.2) is 50.6 Å². The van der Waals surface area contributed by atoms with Gasteiger partial charge in [0.2, 0.25) is 0 Å². The molecule has 5 rings (SSSR count). The van der Waals surface area contributed by atoms with Crippen LogP contribution in [0.2, 0.25) is 0 Å². The molecule has 0 amide bonds. The molecule has 2 aliphatic heterocycles. The normalized spacial score (nSPS) is 21.3. The van der Waals surface area contributed by atoms with Crippen molar-refractivity contribution in [2.45, 2.75) is 44.0 Å². The molecule has 0 saturated carbocycles. The largest absolute Gasteiger partial charge is 0.496 e. The zero-order valence-corrected chi connectivity index (χ0v) is 22.0. The third kappa shape index (κ3) is 3.92. The standard InChI is InChI=1S/C28H32N2O5S/c1-5-19-17-29-14-13-22-27-23(7-6-8-25(27)34-3)30(36(32,33)21-11-9-18(2)10-12-21)28(22)24(29)15-20(19)16-26(31)35-4/h6-12,16,19,24H,5,13-15,17H2,1-4H3/b20-16-/t19-,24+/m1/s1. The van der Waals surface area contributed by atoms with Crippen LogP contribution in [0.1, 0.15) is 42.6 Å². The molecule has 0 spiro atoms. The summed E-state index contributed by atoms with van der Waals surface area (Å²) >= 11 is 0. The lowest BCUT2D eigenvalue weighted by atomic mass is 9.81. The van der Waals surface area contributed by atoms with Gasteiger partial charge in [0, 0.05) is 24.6 Å². The number of hydrogen-bond donors (Lipinski definition) is 0. The van der Waals surface area contributed by atoms with Crippen molar-refractivity contribution >= 4 is 26.9 Å². The second kappa shape index (κ2) is 9.41. The van der Waals surface area contributed by atoms with Crippen LogP contribution in [0.3, 0.4) is 0 Å². The summed E-state index contributed by atoms with van der Waals surface area (Å²) in [6, 6.07) is 12.4. The van der Waals surface area contributed by atoms with Crippen LogP contribution >= 0.6 is 0 Å². The third-order valence-corrected chi connectivity index (χ3v) is 9.38. The van der Waals surface area contributed by atoms with E-state index in [0.29, 0.717) is 17.7 Å². The number of carbonyl (C=O) groups is 1. The maximum atomic E-state index is 14.2. The highest BCUT2D eigenvalue weighted by Gasteiger charge is 2.41. The number of aryl methyl sites for hydroxylation is 1. The predicted molar refractivity (Wildman–Crippen MR) is 139 cm³/mol. The molecule has 2 atom stereocenters. The molecule has 0 aliphatic carbocycles. The Balaban J connectivity index is 1.77. The lowest BCUT2D eigenvalue weighted by molar-refractivity contribution is -0.135. The van der Waals surface area contributed by atoms with Crippen molar-refractivity contribution in [1.29, 1.82) is 0 Å². The van der Waals surface area contributed by atoms with Crippen molar-refractivity contribution in [2.75, 3.05) is 27.3 Å². The van der Waals surface area contributed by atoms with Gasteiger partial charge < -0.3 is 9.47 Å². The molecule has 36 heavy (non-hydrogen) atoms. The molecule has 0 bridgehead atoms. The summed E-state index contributed by atoms with van der Waals surface area (Å²) in [6.07, 6.45) is 3.80. The van der Waals surface area contributed by atoms with E-state index in [2.05, 4.69) is 11.8 Å². The van der Waals surface area contributed by atoms with Crippen LogP contribution in [0.5, 0.6) is 5.75 Å². The van der Waals surface area contributed by atoms with E-state index < -0.39 is 10.0 Å². The van der Waals surface area contributed by atoms with Gasteiger partial charge in [-0.2, -0.15) is 0 Å². The molecule has 2 aliphatic rings. The summed E-state index contributed by atoms with van der Waals surface area (Å²) in [7, 11) is -0.899. The Bertz CT molecular complexity index is 1450. The number of aromatic nitrogens is 1. The molecular weight excluding hydrogens is 476 g/mol. The van der Waals surface area contributed by atoms with E-state index in [1.54, 1.807) is 25.3 Å². The summed E-state index contributed by atoms with van der Waals surface area (Å²) < 4.78 is 40.6. The van der Waals surface area contributed by atoms with Crippen molar-refractivity contribution in [3.05, 3.63) is 70.9 Å². The summed E-state index contributed by atoms with van der Waals surface area (Å²) in [4.78, 5) is 14.8. The molecule has 1 fully saturated rings. The van der Waals surface area contributed by atoms with Crippen LogP contribution in [0.25, 0.3) is 10.9 Å². The van der Waals surface area contributed by atoms with Gasteiger partial charge in [0.15, 0.2) is 0 Å².